The maximum Gasteiger partial charge on any atom is 0.261 e. The van der Waals surface area contributed by atoms with Crippen LogP contribution in [0, 0.1) is 6.92 Å². The molecule has 0 saturated carbocycles. The van der Waals surface area contributed by atoms with Crippen LogP contribution in [0.1, 0.15) is 45.6 Å². The Morgan fingerprint density at radius 3 is 2.42 bits per heavy atom. The van der Waals surface area contributed by atoms with Gasteiger partial charge in [-0.25, -0.2) is 0 Å². The number of carbonyl (C=O) groups excluding carboxylic acids is 1. The molecule has 0 bridgehead atoms. The Hall–Kier alpha value is -1.51. The van der Waals surface area contributed by atoms with Gasteiger partial charge in [0.1, 0.15) is 5.75 Å². The van der Waals surface area contributed by atoms with Crippen LogP contribution in [0.25, 0.3) is 0 Å². The summed E-state index contributed by atoms with van der Waals surface area (Å²) in [6.45, 7) is 8.13. The van der Waals surface area contributed by atoms with E-state index in [1.807, 2.05) is 45.0 Å². The van der Waals surface area contributed by atoms with Gasteiger partial charge in [-0.15, -0.1) is 0 Å². The van der Waals surface area contributed by atoms with Crippen molar-refractivity contribution in [2.75, 3.05) is 0 Å². The molecule has 1 rings (SSSR count). The molecule has 0 aliphatic rings. The Morgan fingerprint density at radius 1 is 1.26 bits per heavy atom. The summed E-state index contributed by atoms with van der Waals surface area (Å²) in [5, 5.41) is 3.00. The highest BCUT2D eigenvalue weighted by Crippen LogP contribution is 2.14. The number of carbonyl (C=O) groups is 1. The molecule has 2 atom stereocenters. The van der Waals surface area contributed by atoms with Crippen molar-refractivity contribution >= 4 is 5.91 Å². The van der Waals surface area contributed by atoms with Crippen molar-refractivity contribution in [3.63, 3.8) is 0 Å². The first kappa shape index (κ1) is 15.5. The number of hydrogen-bond acceptors (Lipinski definition) is 2. The second-order valence-electron chi connectivity index (χ2n) is 5.03. The van der Waals surface area contributed by atoms with E-state index in [0.29, 0.717) is 6.42 Å². The molecule has 0 radical (unpaired) electrons. The van der Waals surface area contributed by atoms with E-state index in [-0.39, 0.29) is 11.9 Å². The van der Waals surface area contributed by atoms with E-state index in [9.17, 15) is 4.79 Å². The van der Waals surface area contributed by atoms with Crippen molar-refractivity contribution in [2.45, 2.75) is 59.1 Å². The highest BCUT2D eigenvalue weighted by atomic mass is 16.5. The Labute approximate surface area is 116 Å². The molecule has 0 aliphatic heterocycles. The highest BCUT2D eigenvalue weighted by Gasteiger charge is 2.19. The highest BCUT2D eigenvalue weighted by molar-refractivity contribution is 5.81. The van der Waals surface area contributed by atoms with Gasteiger partial charge in [-0.1, -0.05) is 38.0 Å². The van der Waals surface area contributed by atoms with Crippen molar-refractivity contribution in [3.05, 3.63) is 29.8 Å². The molecule has 0 unspecified atom stereocenters. The standard InChI is InChI=1S/C16H25NO2/c1-5-7-13(4)17-16(18)15(6-2)19-14-10-8-12(3)9-11-14/h8-11,13,15H,5-7H2,1-4H3,(H,17,18)/t13-,15-/m1/s1. The quantitative estimate of drug-likeness (QED) is 0.818. The molecule has 0 heterocycles. The number of ether oxygens (including phenoxy) is 1. The van der Waals surface area contributed by atoms with Crippen LogP contribution in [0.3, 0.4) is 0 Å². The van der Waals surface area contributed by atoms with E-state index in [4.69, 9.17) is 4.74 Å². The Kier molecular flexibility index (Phi) is 6.40. The molecule has 3 heteroatoms. The van der Waals surface area contributed by atoms with Crippen LogP contribution in [0.2, 0.25) is 0 Å². The Balaban J connectivity index is 2.57. The van der Waals surface area contributed by atoms with Crippen LogP contribution in [-0.2, 0) is 4.79 Å². The third-order valence-corrected chi connectivity index (χ3v) is 3.07. The van der Waals surface area contributed by atoms with Gasteiger partial charge in [-0.05, 0) is 38.8 Å². The molecular weight excluding hydrogens is 238 g/mol. The zero-order chi connectivity index (χ0) is 14.3. The molecule has 3 nitrogen and oxygen atoms in total. The zero-order valence-corrected chi connectivity index (χ0v) is 12.4. The van der Waals surface area contributed by atoms with E-state index in [1.54, 1.807) is 0 Å². The predicted octanol–water partition coefficient (Wildman–Crippen LogP) is 3.46. The fourth-order valence-electron chi connectivity index (χ4n) is 1.94. The first-order chi connectivity index (χ1) is 9.06. The third kappa shape index (κ3) is 5.33. The Morgan fingerprint density at radius 2 is 1.89 bits per heavy atom. The summed E-state index contributed by atoms with van der Waals surface area (Å²) in [5.41, 5.74) is 1.18. The van der Waals surface area contributed by atoms with Crippen molar-refractivity contribution in [1.82, 2.24) is 5.32 Å². The smallest absolute Gasteiger partial charge is 0.261 e. The van der Waals surface area contributed by atoms with Crippen molar-refractivity contribution in [1.29, 1.82) is 0 Å². The van der Waals surface area contributed by atoms with Gasteiger partial charge in [-0.3, -0.25) is 4.79 Å². The zero-order valence-electron chi connectivity index (χ0n) is 12.4. The number of hydrogen-bond donors (Lipinski definition) is 1. The summed E-state index contributed by atoms with van der Waals surface area (Å²) < 4.78 is 5.75. The number of rotatable bonds is 7. The first-order valence-corrected chi connectivity index (χ1v) is 7.10. The normalized spacial score (nSPS) is 13.7. The lowest BCUT2D eigenvalue weighted by molar-refractivity contribution is -0.128. The molecule has 0 aliphatic carbocycles. The van der Waals surface area contributed by atoms with Gasteiger partial charge in [0.15, 0.2) is 6.10 Å². The van der Waals surface area contributed by atoms with Crippen LogP contribution in [0.15, 0.2) is 24.3 Å². The molecule has 0 aromatic heterocycles. The van der Waals surface area contributed by atoms with Crippen molar-refractivity contribution < 1.29 is 9.53 Å². The van der Waals surface area contributed by atoms with Crippen LogP contribution in [0.4, 0.5) is 0 Å². The number of benzene rings is 1. The molecule has 1 amide bonds. The topological polar surface area (TPSA) is 38.3 Å². The van der Waals surface area contributed by atoms with Gasteiger partial charge in [0.05, 0.1) is 0 Å². The molecule has 1 aromatic rings. The summed E-state index contributed by atoms with van der Waals surface area (Å²) in [6, 6.07) is 7.98. The monoisotopic (exact) mass is 263 g/mol. The molecule has 0 fully saturated rings. The minimum absolute atomic E-state index is 0.0241. The van der Waals surface area contributed by atoms with E-state index in [1.165, 1.54) is 5.56 Å². The maximum atomic E-state index is 12.1. The third-order valence-electron chi connectivity index (χ3n) is 3.07. The average Bonchev–Trinajstić information content (AvgIpc) is 2.38. The van der Waals surface area contributed by atoms with Crippen LogP contribution in [0.5, 0.6) is 5.75 Å². The second kappa shape index (κ2) is 7.82. The first-order valence-electron chi connectivity index (χ1n) is 7.10. The summed E-state index contributed by atoms with van der Waals surface area (Å²) in [7, 11) is 0. The van der Waals surface area contributed by atoms with Gasteiger partial charge in [0, 0.05) is 6.04 Å². The van der Waals surface area contributed by atoms with Crippen LogP contribution < -0.4 is 10.1 Å². The molecule has 0 saturated heterocycles. The van der Waals surface area contributed by atoms with Crippen LogP contribution >= 0.6 is 0 Å². The molecule has 19 heavy (non-hydrogen) atoms. The maximum absolute atomic E-state index is 12.1. The number of amides is 1. The fraction of sp³-hybridized carbons (Fsp3) is 0.562. The fourth-order valence-corrected chi connectivity index (χ4v) is 1.94. The van der Waals surface area contributed by atoms with Gasteiger partial charge in [0.25, 0.3) is 5.91 Å². The minimum atomic E-state index is -0.415. The Bertz CT molecular complexity index is 386. The number of nitrogens with one attached hydrogen (secondary N) is 1. The van der Waals surface area contributed by atoms with E-state index in [2.05, 4.69) is 12.2 Å². The van der Waals surface area contributed by atoms with E-state index >= 15 is 0 Å². The minimum Gasteiger partial charge on any atom is -0.481 e. The summed E-state index contributed by atoms with van der Waals surface area (Å²) in [5.74, 6) is 0.722. The SMILES string of the molecule is CCC[C@@H](C)NC(=O)[C@@H](CC)Oc1ccc(C)cc1. The lowest BCUT2D eigenvalue weighted by Crippen LogP contribution is -2.42. The van der Waals surface area contributed by atoms with Crippen LogP contribution in [-0.4, -0.2) is 18.1 Å². The number of aryl methyl sites for hydroxylation is 1. The molecule has 1 N–H and O–H groups in total. The van der Waals surface area contributed by atoms with Gasteiger partial charge in [-0.2, -0.15) is 0 Å². The van der Waals surface area contributed by atoms with Gasteiger partial charge in [0.2, 0.25) is 0 Å². The van der Waals surface area contributed by atoms with E-state index in [0.717, 1.165) is 18.6 Å². The summed E-state index contributed by atoms with van der Waals surface area (Å²) in [4.78, 5) is 12.1. The lowest BCUT2D eigenvalue weighted by atomic mass is 10.1. The average molecular weight is 263 g/mol. The van der Waals surface area contributed by atoms with E-state index < -0.39 is 6.10 Å². The van der Waals surface area contributed by atoms with Crippen molar-refractivity contribution in [3.8, 4) is 5.75 Å². The molecule has 1 aromatic carbocycles. The predicted molar refractivity (Wildman–Crippen MR) is 78.4 cm³/mol. The summed E-state index contributed by atoms with van der Waals surface area (Å²) in [6.07, 6.45) is 2.31. The van der Waals surface area contributed by atoms with Gasteiger partial charge < -0.3 is 10.1 Å². The van der Waals surface area contributed by atoms with Gasteiger partial charge >= 0.3 is 0 Å². The molecule has 0 spiro atoms. The molecular formula is C16H25NO2. The molecule has 106 valence electrons. The summed E-state index contributed by atoms with van der Waals surface area (Å²) >= 11 is 0. The largest absolute Gasteiger partial charge is 0.481 e. The lowest BCUT2D eigenvalue weighted by Gasteiger charge is -2.20. The second-order valence-corrected chi connectivity index (χ2v) is 5.03. The van der Waals surface area contributed by atoms with Crippen molar-refractivity contribution in [2.24, 2.45) is 0 Å².